The van der Waals surface area contributed by atoms with Crippen molar-refractivity contribution >= 4 is 6.09 Å². The van der Waals surface area contributed by atoms with Gasteiger partial charge in [-0.25, -0.2) is 4.79 Å². The molecule has 0 aliphatic carbocycles. The summed E-state index contributed by atoms with van der Waals surface area (Å²) in [6.45, 7) is 4.89. The van der Waals surface area contributed by atoms with Crippen molar-refractivity contribution in [2.24, 2.45) is 0 Å². The van der Waals surface area contributed by atoms with Crippen LogP contribution in [0.3, 0.4) is 0 Å². The lowest BCUT2D eigenvalue weighted by atomic mass is 10.1. The fourth-order valence-electron chi connectivity index (χ4n) is 3.34. The third-order valence-corrected chi connectivity index (χ3v) is 4.78. The Labute approximate surface area is 149 Å². The Morgan fingerprint density at radius 1 is 1.28 bits per heavy atom. The molecule has 2 unspecified atom stereocenters. The predicted molar refractivity (Wildman–Crippen MR) is 96.5 cm³/mol. The van der Waals surface area contributed by atoms with Crippen molar-refractivity contribution in [3.05, 3.63) is 35.9 Å². The van der Waals surface area contributed by atoms with Crippen LogP contribution in [-0.2, 0) is 16.1 Å². The lowest BCUT2D eigenvalue weighted by Gasteiger charge is -2.33. The van der Waals surface area contributed by atoms with Gasteiger partial charge in [-0.2, -0.15) is 0 Å². The highest BCUT2D eigenvalue weighted by atomic mass is 16.6. The van der Waals surface area contributed by atoms with Crippen LogP contribution in [0.15, 0.2) is 30.3 Å². The smallest absolute Gasteiger partial charge is 0.410 e. The standard InChI is InChI=1S/C19H29N3O3/c23-19(25-15-16-6-2-1-3-7-16)22-10-11-24-18(14-22)13-20-12-17-8-4-5-9-21-17/h1-3,6-7,17-18,20-21H,4-5,8-15H2. The summed E-state index contributed by atoms with van der Waals surface area (Å²) in [5.74, 6) is 0. The maximum atomic E-state index is 12.3. The van der Waals surface area contributed by atoms with Gasteiger partial charge in [0.05, 0.1) is 19.3 Å². The summed E-state index contributed by atoms with van der Waals surface area (Å²) in [6, 6.07) is 10.3. The van der Waals surface area contributed by atoms with Crippen LogP contribution in [0.2, 0.25) is 0 Å². The first-order valence-electron chi connectivity index (χ1n) is 9.32. The summed E-state index contributed by atoms with van der Waals surface area (Å²) < 4.78 is 11.2. The zero-order valence-electron chi connectivity index (χ0n) is 14.8. The molecule has 1 aromatic rings. The van der Waals surface area contributed by atoms with Crippen LogP contribution in [0, 0.1) is 0 Å². The molecule has 2 heterocycles. The van der Waals surface area contributed by atoms with Crippen molar-refractivity contribution < 1.29 is 14.3 Å². The first-order valence-corrected chi connectivity index (χ1v) is 9.32. The molecule has 2 saturated heterocycles. The number of carbonyl (C=O) groups excluding carboxylic acids is 1. The molecule has 1 aromatic carbocycles. The topological polar surface area (TPSA) is 62.8 Å². The van der Waals surface area contributed by atoms with Crippen LogP contribution < -0.4 is 10.6 Å². The maximum absolute atomic E-state index is 12.3. The molecule has 2 aliphatic rings. The highest BCUT2D eigenvalue weighted by molar-refractivity contribution is 5.67. The number of benzene rings is 1. The van der Waals surface area contributed by atoms with Gasteiger partial charge in [0.1, 0.15) is 6.61 Å². The second-order valence-electron chi connectivity index (χ2n) is 6.78. The zero-order valence-corrected chi connectivity index (χ0v) is 14.8. The third-order valence-electron chi connectivity index (χ3n) is 4.78. The molecule has 6 heteroatoms. The fourth-order valence-corrected chi connectivity index (χ4v) is 3.34. The van der Waals surface area contributed by atoms with Crippen LogP contribution in [0.4, 0.5) is 4.79 Å². The molecule has 138 valence electrons. The van der Waals surface area contributed by atoms with Crippen molar-refractivity contribution in [1.82, 2.24) is 15.5 Å². The largest absolute Gasteiger partial charge is 0.445 e. The lowest BCUT2D eigenvalue weighted by Crippen LogP contribution is -2.50. The number of amides is 1. The van der Waals surface area contributed by atoms with Gasteiger partial charge in [0.2, 0.25) is 0 Å². The van der Waals surface area contributed by atoms with Gasteiger partial charge in [0.25, 0.3) is 0 Å². The normalized spacial score (nSPS) is 24.1. The SMILES string of the molecule is O=C(OCc1ccccc1)N1CCOC(CNCC2CCCCN2)C1. The first-order chi connectivity index (χ1) is 12.3. The van der Waals surface area contributed by atoms with E-state index in [0.29, 0.717) is 32.3 Å². The maximum Gasteiger partial charge on any atom is 0.410 e. The number of ether oxygens (including phenoxy) is 2. The molecule has 0 bridgehead atoms. The highest BCUT2D eigenvalue weighted by Crippen LogP contribution is 2.09. The van der Waals surface area contributed by atoms with Crippen molar-refractivity contribution in [2.45, 2.75) is 38.0 Å². The van der Waals surface area contributed by atoms with Crippen LogP contribution in [0.5, 0.6) is 0 Å². The summed E-state index contributed by atoms with van der Waals surface area (Å²) in [4.78, 5) is 14.0. The molecular weight excluding hydrogens is 318 g/mol. The minimum Gasteiger partial charge on any atom is -0.445 e. The molecule has 0 aromatic heterocycles. The summed E-state index contributed by atoms with van der Waals surface area (Å²) in [5, 5.41) is 7.00. The van der Waals surface area contributed by atoms with Crippen molar-refractivity contribution in [3.63, 3.8) is 0 Å². The summed E-state index contributed by atoms with van der Waals surface area (Å²) >= 11 is 0. The Morgan fingerprint density at radius 2 is 2.16 bits per heavy atom. The monoisotopic (exact) mass is 347 g/mol. The Kier molecular flexibility index (Phi) is 7.09. The molecule has 2 atom stereocenters. The van der Waals surface area contributed by atoms with E-state index in [1.807, 2.05) is 30.3 Å². The molecule has 0 saturated carbocycles. The molecule has 0 spiro atoms. The Balaban J connectivity index is 1.36. The van der Waals surface area contributed by atoms with Crippen LogP contribution in [0.25, 0.3) is 0 Å². The quantitative estimate of drug-likeness (QED) is 0.821. The van der Waals surface area contributed by atoms with Gasteiger partial charge in [-0.1, -0.05) is 36.8 Å². The van der Waals surface area contributed by atoms with E-state index in [4.69, 9.17) is 9.47 Å². The first kappa shape index (κ1) is 18.2. The number of nitrogens with one attached hydrogen (secondary N) is 2. The van der Waals surface area contributed by atoms with E-state index in [2.05, 4.69) is 10.6 Å². The van der Waals surface area contributed by atoms with Crippen LogP contribution >= 0.6 is 0 Å². The summed E-state index contributed by atoms with van der Waals surface area (Å²) in [5.41, 5.74) is 1.00. The predicted octanol–water partition coefficient (Wildman–Crippen LogP) is 1.76. The Bertz CT molecular complexity index is 520. The average molecular weight is 347 g/mol. The molecule has 2 fully saturated rings. The zero-order chi connectivity index (χ0) is 17.3. The minimum atomic E-state index is -0.258. The van der Waals surface area contributed by atoms with Gasteiger partial charge in [-0.3, -0.25) is 0 Å². The Morgan fingerprint density at radius 3 is 2.96 bits per heavy atom. The molecule has 2 aliphatic heterocycles. The minimum absolute atomic E-state index is 0.0293. The van der Waals surface area contributed by atoms with Gasteiger partial charge in [0.15, 0.2) is 0 Å². The number of rotatable bonds is 6. The highest BCUT2D eigenvalue weighted by Gasteiger charge is 2.25. The molecule has 6 nitrogen and oxygen atoms in total. The molecule has 3 rings (SSSR count). The van der Waals surface area contributed by atoms with Crippen LogP contribution in [-0.4, -0.2) is 62.5 Å². The van der Waals surface area contributed by atoms with E-state index in [1.54, 1.807) is 4.90 Å². The second kappa shape index (κ2) is 9.75. The second-order valence-corrected chi connectivity index (χ2v) is 6.78. The van der Waals surface area contributed by atoms with Crippen LogP contribution in [0.1, 0.15) is 24.8 Å². The van der Waals surface area contributed by atoms with Gasteiger partial charge in [-0.15, -0.1) is 0 Å². The number of hydrogen-bond donors (Lipinski definition) is 2. The lowest BCUT2D eigenvalue weighted by molar-refractivity contribution is -0.0271. The van der Waals surface area contributed by atoms with Crippen molar-refractivity contribution in [1.29, 1.82) is 0 Å². The molecule has 2 N–H and O–H groups in total. The van der Waals surface area contributed by atoms with E-state index in [1.165, 1.54) is 19.3 Å². The fraction of sp³-hybridized carbons (Fsp3) is 0.632. The van der Waals surface area contributed by atoms with Crippen molar-refractivity contribution in [2.75, 3.05) is 39.3 Å². The van der Waals surface area contributed by atoms with Gasteiger partial charge >= 0.3 is 6.09 Å². The summed E-state index contributed by atoms with van der Waals surface area (Å²) in [7, 11) is 0. The van der Waals surface area contributed by atoms with E-state index in [-0.39, 0.29) is 12.2 Å². The van der Waals surface area contributed by atoms with E-state index in [0.717, 1.165) is 25.2 Å². The molecule has 25 heavy (non-hydrogen) atoms. The molecule has 1 amide bonds. The number of nitrogens with zero attached hydrogens (tertiary/aromatic N) is 1. The van der Waals surface area contributed by atoms with E-state index < -0.39 is 0 Å². The number of hydrogen-bond acceptors (Lipinski definition) is 5. The average Bonchev–Trinajstić information content (AvgIpc) is 2.68. The van der Waals surface area contributed by atoms with Crippen molar-refractivity contribution in [3.8, 4) is 0 Å². The van der Waals surface area contributed by atoms with Gasteiger partial charge in [0, 0.05) is 25.7 Å². The number of morpholine rings is 1. The Hall–Kier alpha value is -1.63. The molecular formula is C19H29N3O3. The van der Waals surface area contributed by atoms with E-state index >= 15 is 0 Å². The number of piperidine rings is 1. The van der Waals surface area contributed by atoms with E-state index in [9.17, 15) is 4.79 Å². The van der Waals surface area contributed by atoms with Gasteiger partial charge in [-0.05, 0) is 24.9 Å². The summed E-state index contributed by atoms with van der Waals surface area (Å²) in [6.07, 6.45) is 3.59. The number of carbonyl (C=O) groups is 1. The molecule has 0 radical (unpaired) electrons. The van der Waals surface area contributed by atoms with Gasteiger partial charge < -0.3 is 25.0 Å². The third kappa shape index (κ3) is 5.99.